The van der Waals surface area contributed by atoms with E-state index in [-0.39, 0.29) is 16.9 Å². The van der Waals surface area contributed by atoms with Gasteiger partial charge >= 0.3 is 5.69 Å². The molecule has 0 spiro atoms. The molecule has 1 aromatic rings. The van der Waals surface area contributed by atoms with Crippen LogP contribution in [0.25, 0.3) is 0 Å². The van der Waals surface area contributed by atoms with Crippen molar-refractivity contribution in [2.75, 3.05) is 11.4 Å². The van der Waals surface area contributed by atoms with Crippen LogP contribution in [-0.4, -0.2) is 27.5 Å². The van der Waals surface area contributed by atoms with Crippen LogP contribution >= 0.6 is 11.6 Å². The number of nitrogens with zero attached hydrogens (tertiary/aromatic N) is 4. The number of nitro groups is 1. The summed E-state index contributed by atoms with van der Waals surface area (Å²) in [6.07, 6.45) is 4.44. The van der Waals surface area contributed by atoms with E-state index in [0.29, 0.717) is 5.82 Å². The van der Waals surface area contributed by atoms with Gasteiger partial charge in [-0.05, 0) is 26.2 Å². The van der Waals surface area contributed by atoms with Crippen molar-refractivity contribution < 1.29 is 4.92 Å². The standard InChI is InChI=1S/C10H13ClN4O2/c1-7-4-2-3-5-14(7)10-8(15(16)17)9(11)12-6-13-10/h6-7H,2-5H2,1H3. The molecule has 1 atom stereocenters. The SMILES string of the molecule is CC1CCCCN1c1ncnc(Cl)c1[N+](=O)[O-]. The Morgan fingerprint density at radius 3 is 2.94 bits per heavy atom. The summed E-state index contributed by atoms with van der Waals surface area (Å²) < 4.78 is 0. The van der Waals surface area contributed by atoms with E-state index in [4.69, 9.17) is 11.6 Å². The number of hydrogen-bond donors (Lipinski definition) is 0. The Morgan fingerprint density at radius 1 is 1.53 bits per heavy atom. The Balaban J connectivity index is 2.43. The van der Waals surface area contributed by atoms with Crippen molar-refractivity contribution in [3.05, 3.63) is 21.6 Å². The number of halogens is 1. The second-order valence-corrected chi connectivity index (χ2v) is 4.49. The van der Waals surface area contributed by atoms with Crippen molar-refractivity contribution in [2.24, 2.45) is 0 Å². The molecule has 1 fully saturated rings. The quantitative estimate of drug-likeness (QED) is 0.462. The van der Waals surface area contributed by atoms with Gasteiger partial charge in [0.1, 0.15) is 6.33 Å². The van der Waals surface area contributed by atoms with Crippen molar-refractivity contribution in [1.82, 2.24) is 9.97 Å². The Morgan fingerprint density at radius 2 is 2.29 bits per heavy atom. The van der Waals surface area contributed by atoms with Gasteiger partial charge in [0.25, 0.3) is 0 Å². The second-order valence-electron chi connectivity index (χ2n) is 4.13. The van der Waals surface area contributed by atoms with Gasteiger partial charge in [-0.2, -0.15) is 0 Å². The average molecular weight is 257 g/mol. The molecule has 0 N–H and O–H groups in total. The second kappa shape index (κ2) is 4.83. The summed E-state index contributed by atoms with van der Waals surface area (Å²) in [5.41, 5.74) is -0.192. The lowest BCUT2D eigenvalue weighted by Crippen LogP contribution is -2.38. The van der Waals surface area contributed by atoms with Gasteiger partial charge in [0.2, 0.25) is 11.0 Å². The van der Waals surface area contributed by atoms with Gasteiger partial charge in [-0.25, -0.2) is 9.97 Å². The van der Waals surface area contributed by atoms with Crippen LogP contribution < -0.4 is 4.90 Å². The first-order chi connectivity index (χ1) is 8.11. The summed E-state index contributed by atoms with van der Waals surface area (Å²) >= 11 is 5.77. The molecule has 92 valence electrons. The third-order valence-corrected chi connectivity index (χ3v) is 3.29. The molecule has 6 nitrogen and oxygen atoms in total. The molecule has 2 heterocycles. The molecule has 0 amide bonds. The highest BCUT2D eigenvalue weighted by atomic mass is 35.5. The number of rotatable bonds is 2. The fraction of sp³-hybridized carbons (Fsp3) is 0.600. The minimum absolute atomic E-state index is 0.0993. The molecule has 0 saturated carbocycles. The van der Waals surface area contributed by atoms with Crippen LogP contribution in [0.3, 0.4) is 0 Å². The zero-order valence-electron chi connectivity index (χ0n) is 9.47. The molecule has 7 heteroatoms. The van der Waals surface area contributed by atoms with Gasteiger partial charge in [-0.15, -0.1) is 0 Å². The van der Waals surface area contributed by atoms with E-state index in [1.54, 1.807) is 0 Å². The normalized spacial score (nSPS) is 20.4. The van der Waals surface area contributed by atoms with Gasteiger partial charge in [-0.1, -0.05) is 11.6 Å². The fourth-order valence-electron chi connectivity index (χ4n) is 2.13. The van der Waals surface area contributed by atoms with E-state index in [2.05, 4.69) is 9.97 Å². The van der Waals surface area contributed by atoms with Crippen molar-refractivity contribution in [1.29, 1.82) is 0 Å². The van der Waals surface area contributed by atoms with E-state index >= 15 is 0 Å². The molecule has 2 rings (SSSR count). The molecule has 1 unspecified atom stereocenters. The monoisotopic (exact) mass is 256 g/mol. The van der Waals surface area contributed by atoms with Crippen LogP contribution in [0.5, 0.6) is 0 Å². The van der Waals surface area contributed by atoms with Gasteiger partial charge in [-0.3, -0.25) is 10.1 Å². The van der Waals surface area contributed by atoms with E-state index in [1.165, 1.54) is 6.33 Å². The largest absolute Gasteiger partial charge is 0.348 e. The lowest BCUT2D eigenvalue weighted by molar-refractivity contribution is -0.384. The van der Waals surface area contributed by atoms with Crippen molar-refractivity contribution in [3.63, 3.8) is 0 Å². The molecule has 1 aromatic heterocycles. The maximum absolute atomic E-state index is 11.0. The van der Waals surface area contributed by atoms with Crippen LogP contribution in [0, 0.1) is 10.1 Å². The van der Waals surface area contributed by atoms with Crippen LogP contribution in [-0.2, 0) is 0 Å². The number of aromatic nitrogens is 2. The fourth-order valence-corrected chi connectivity index (χ4v) is 2.33. The van der Waals surface area contributed by atoms with Gasteiger partial charge < -0.3 is 4.90 Å². The van der Waals surface area contributed by atoms with E-state index in [0.717, 1.165) is 25.8 Å². The third kappa shape index (κ3) is 2.31. The smallest absolute Gasteiger partial charge is 0.348 e. The lowest BCUT2D eigenvalue weighted by atomic mass is 10.0. The predicted molar refractivity (Wildman–Crippen MR) is 64.4 cm³/mol. The van der Waals surface area contributed by atoms with Gasteiger partial charge in [0.05, 0.1) is 4.92 Å². The summed E-state index contributed by atoms with van der Waals surface area (Å²) in [7, 11) is 0. The van der Waals surface area contributed by atoms with E-state index in [9.17, 15) is 10.1 Å². The summed E-state index contributed by atoms with van der Waals surface area (Å²) in [4.78, 5) is 20.1. The van der Waals surface area contributed by atoms with Gasteiger partial charge in [0, 0.05) is 12.6 Å². The highest BCUT2D eigenvalue weighted by Gasteiger charge is 2.29. The first-order valence-corrected chi connectivity index (χ1v) is 5.90. The Hall–Kier alpha value is -1.43. The molecular formula is C10H13ClN4O2. The number of hydrogen-bond acceptors (Lipinski definition) is 5. The minimum Gasteiger partial charge on any atom is -0.348 e. The molecule has 0 bridgehead atoms. The Labute approximate surface area is 104 Å². The topological polar surface area (TPSA) is 72.2 Å². The number of piperidine rings is 1. The van der Waals surface area contributed by atoms with Crippen LogP contribution in [0.4, 0.5) is 11.5 Å². The molecular weight excluding hydrogens is 244 g/mol. The zero-order chi connectivity index (χ0) is 12.4. The molecule has 1 aliphatic rings. The van der Waals surface area contributed by atoms with Crippen LogP contribution in [0.1, 0.15) is 26.2 Å². The highest BCUT2D eigenvalue weighted by molar-refractivity contribution is 6.31. The molecule has 0 radical (unpaired) electrons. The Kier molecular flexibility index (Phi) is 3.42. The molecule has 17 heavy (non-hydrogen) atoms. The first kappa shape index (κ1) is 12.0. The van der Waals surface area contributed by atoms with Crippen molar-refractivity contribution >= 4 is 23.1 Å². The lowest BCUT2D eigenvalue weighted by Gasteiger charge is -2.33. The number of anilines is 1. The van der Waals surface area contributed by atoms with Crippen molar-refractivity contribution in [3.8, 4) is 0 Å². The molecule has 1 saturated heterocycles. The predicted octanol–water partition coefficient (Wildman–Crippen LogP) is 2.42. The molecule has 0 aliphatic carbocycles. The van der Waals surface area contributed by atoms with Gasteiger partial charge in [0.15, 0.2) is 0 Å². The zero-order valence-corrected chi connectivity index (χ0v) is 10.2. The van der Waals surface area contributed by atoms with Crippen molar-refractivity contribution in [2.45, 2.75) is 32.2 Å². The molecule has 1 aliphatic heterocycles. The summed E-state index contributed by atoms with van der Waals surface area (Å²) in [5, 5.41) is 10.9. The Bertz CT molecular complexity index is 440. The highest BCUT2D eigenvalue weighted by Crippen LogP contribution is 2.34. The summed E-state index contributed by atoms with van der Waals surface area (Å²) in [6.45, 7) is 2.81. The van der Waals surface area contributed by atoms with E-state index in [1.807, 2.05) is 11.8 Å². The minimum atomic E-state index is -0.515. The van der Waals surface area contributed by atoms with Crippen LogP contribution in [0.2, 0.25) is 5.15 Å². The maximum atomic E-state index is 11.0. The third-order valence-electron chi connectivity index (χ3n) is 3.02. The summed E-state index contributed by atoms with van der Waals surface area (Å²) in [5.74, 6) is 0.335. The van der Waals surface area contributed by atoms with Crippen LogP contribution in [0.15, 0.2) is 6.33 Å². The van der Waals surface area contributed by atoms with E-state index < -0.39 is 4.92 Å². The average Bonchev–Trinajstić information content (AvgIpc) is 2.28. The maximum Gasteiger partial charge on any atom is 0.348 e. The molecule has 0 aromatic carbocycles. The first-order valence-electron chi connectivity index (χ1n) is 5.52. The summed E-state index contributed by atoms with van der Waals surface area (Å²) in [6, 6.07) is 0.244.